The third-order valence-corrected chi connectivity index (χ3v) is 2.98. The summed E-state index contributed by atoms with van der Waals surface area (Å²) < 4.78 is 34.3. The number of ether oxygens (including phenoxy) is 4. The minimum Gasteiger partial charge on any atom is -0.493 e. The van der Waals surface area contributed by atoms with Crippen LogP contribution in [0.15, 0.2) is 30.3 Å². The number of nitro groups is 1. The highest BCUT2D eigenvalue weighted by atomic mass is 19.1. The van der Waals surface area contributed by atoms with Gasteiger partial charge in [-0.15, -0.1) is 0 Å². The van der Waals surface area contributed by atoms with Crippen molar-refractivity contribution in [1.82, 2.24) is 0 Å². The van der Waals surface area contributed by atoms with Crippen molar-refractivity contribution in [3.05, 3.63) is 46.3 Å². The summed E-state index contributed by atoms with van der Waals surface area (Å²) in [7, 11) is 4.29. The molecule has 0 aromatic heterocycles. The van der Waals surface area contributed by atoms with Crippen molar-refractivity contribution in [3.63, 3.8) is 0 Å². The van der Waals surface area contributed by atoms with Gasteiger partial charge in [0.15, 0.2) is 11.5 Å². The lowest BCUT2D eigenvalue weighted by molar-refractivity contribution is -0.385. The molecule has 0 unspecified atom stereocenters. The van der Waals surface area contributed by atoms with Crippen LogP contribution in [-0.4, -0.2) is 26.3 Å². The Balaban J connectivity index is 2.48. The number of methoxy groups -OCH3 is 3. The predicted octanol–water partition coefficient (Wildman–Crippen LogP) is 3.55. The van der Waals surface area contributed by atoms with Crippen LogP contribution in [-0.2, 0) is 0 Å². The predicted molar refractivity (Wildman–Crippen MR) is 79.2 cm³/mol. The van der Waals surface area contributed by atoms with Gasteiger partial charge in [-0.05, 0) is 6.07 Å². The monoisotopic (exact) mass is 323 g/mol. The summed E-state index contributed by atoms with van der Waals surface area (Å²) in [6, 6.07) is 5.86. The maximum atomic E-state index is 13.4. The van der Waals surface area contributed by atoms with E-state index < -0.39 is 10.7 Å². The van der Waals surface area contributed by atoms with Crippen molar-refractivity contribution in [1.29, 1.82) is 0 Å². The average Bonchev–Trinajstić information content (AvgIpc) is 2.53. The van der Waals surface area contributed by atoms with Crippen LogP contribution in [0.4, 0.5) is 10.1 Å². The fraction of sp³-hybridized carbons (Fsp3) is 0.200. The molecule has 0 bridgehead atoms. The highest BCUT2D eigenvalue weighted by Gasteiger charge is 2.19. The van der Waals surface area contributed by atoms with Crippen LogP contribution < -0.4 is 18.9 Å². The van der Waals surface area contributed by atoms with Crippen LogP contribution in [0.3, 0.4) is 0 Å². The van der Waals surface area contributed by atoms with Crippen molar-refractivity contribution in [2.24, 2.45) is 0 Å². The van der Waals surface area contributed by atoms with E-state index in [0.29, 0.717) is 17.2 Å². The van der Waals surface area contributed by atoms with Gasteiger partial charge in [0.05, 0.1) is 26.3 Å². The second-order valence-electron chi connectivity index (χ2n) is 4.33. The maximum absolute atomic E-state index is 13.4. The lowest BCUT2D eigenvalue weighted by Gasteiger charge is -2.14. The summed E-state index contributed by atoms with van der Waals surface area (Å²) in [6.07, 6.45) is 0. The van der Waals surface area contributed by atoms with Crippen LogP contribution in [0.5, 0.6) is 28.7 Å². The molecule has 0 atom stereocenters. The molecule has 0 aliphatic rings. The normalized spacial score (nSPS) is 10.1. The standard InChI is InChI=1S/C15H14FNO6/c1-20-13-7-10(8-14(21-2)15(13)22-3)23-12-6-9(16)4-5-11(12)17(18)19/h4-8H,1-3H3. The van der Waals surface area contributed by atoms with E-state index in [4.69, 9.17) is 18.9 Å². The van der Waals surface area contributed by atoms with Gasteiger partial charge in [-0.3, -0.25) is 10.1 Å². The number of hydrogen-bond acceptors (Lipinski definition) is 6. The molecule has 0 saturated heterocycles. The summed E-state index contributed by atoms with van der Waals surface area (Å²) in [5.74, 6) is 0.244. The first-order valence-corrected chi connectivity index (χ1v) is 6.42. The number of halogens is 1. The van der Waals surface area contributed by atoms with Crippen LogP contribution in [0, 0.1) is 15.9 Å². The smallest absolute Gasteiger partial charge is 0.311 e. The molecular formula is C15H14FNO6. The third-order valence-electron chi connectivity index (χ3n) is 2.98. The van der Waals surface area contributed by atoms with Crippen LogP contribution in [0.2, 0.25) is 0 Å². The molecule has 0 saturated carbocycles. The zero-order valence-electron chi connectivity index (χ0n) is 12.7. The van der Waals surface area contributed by atoms with Gasteiger partial charge < -0.3 is 18.9 Å². The molecule has 0 radical (unpaired) electrons. The molecule has 0 aliphatic carbocycles. The van der Waals surface area contributed by atoms with E-state index in [1.807, 2.05) is 0 Å². The topological polar surface area (TPSA) is 80.1 Å². The van der Waals surface area contributed by atoms with Crippen molar-refractivity contribution in [2.75, 3.05) is 21.3 Å². The fourth-order valence-electron chi connectivity index (χ4n) is 1.96. The molecule has 2 rings (SSSR count). The van der Waals surface area contributed by atoms with Crippen LogP contribution in [0.1, 0.15) is 0 Å². The van der Waals surface area contributed by atoms with E-state index in [0.717, 1.165) is 18.2 Å². The van der Waals surface area contributed by atoms with Crippen molar-refractivity contribution in [2.45, 2.75) is 0 Å². The van der Waals surface area contributed by atoms with Crippen molar-refractivity contribution < 1.29 is 28.3 Å². The molecule has 0 heterocycles. The Morgan fingerprint density at radius 2 is 1.57 bits per heavy atom. The van der Waals surface area contributed by atoms with Gasteiger partial charge >= 0.3 is 5.69 Å². The highest BCUT2D eigenvalue weighted by molar-refractivity contribution is 5.57. The molecule has 7 nitrogen and oxygen atoms in total. The van der Waals surface area contributed by atoms with Crippen molar-refractivity contribution in [3.8, 4) is 28.7 Å². The molecule has 2 aromatic carbocycles. The molecule has 0 aliphatic heterocycles. The fourth-order valence-corrected chi connectivity index (χ4v) is 1.96. The minimum atomic E-state index is -0.660. The molecule has 0 amide bonds. The maximum Gasteiger partial charge on any atom is 0.311 e. The largest absolute Gasteiger partial charge is 0.493 e. The second-order valence-corrected chi connectivity index (χ2v) is 4.33. The first-order chi connectivity index (χ1) is 11.0. The van der Waals surface area contributed by atoms with Crippen LogP contribution in [0.25, 0.3) is 0 Å². The summed E-state index contributed by atoms with van der Waals surface area (Å²) in [5.41, 5.74) is -0.361. The van der Waals surface area contributed by atoms with E-state index in [2.05, 4.69) is 0 Å². The lowest BCUT2D eigenvalue weighted by atomic mass is 10.2. The lowest BCUT2D eigenvalue weighted by Crippen LogP contribution is -1.97. The average molecular weight is 323 g/mol. The number of nitrogens with zero attached hydrogens (tertiary/aromatic N) is 1. The van der Waals surface area contributed by atoms with Gasteiger partial charge in [-0.2, -0.15) is 0 Å². The Bertz CT molecular complexity index is 709. The first kappa shape index (κ1) is 16.3. The summed E-state index contributed by atoms with van der Waals surface area (Å²) in [6.45, 7) is 0. The Morgan fingerprint density at radius 3 is 2.04 bits per heavy atom. The Hall–Kier alpha value is -3.03. The Kier molecular flexibility index (Phi) is 4.85. The van der Waals surface area contributed by atoms with E-state index in [1.165, 1.54) is 33.5 Å². The van der Waals surface area contributed by atoms with Crippen LogP contribution >= 0.6 is 0 Å². The molecule has 8 heteroatoms. The van der Waals surface area contributed by atoms with Gasteiger partial charge in [0.1, 0.15) is 11.6 Å². The van der Waals surface area contributed by atoms with E-state index in [9.17, 15) is 14.5 Å². The third kappa shape index (κ3) is 3.42. The highest BCUT2D eigenvalue weighted by Crippen LogP contribution is 2.43. The molecule has 0 N–H and O–H groups in total. The molecular weight excluding hydrogens is 309 g/mol. The zero-order valence-corrected chi connectivity index (χ0v) is 12.7. The summed E-state index contributed by atoms with van der Waals surface area (Å²) >= 11 is 0. The quantitative estimate of drug-likeness (QED) is 0.597. The van der Waals surface area contributed by atoms with Gasteiger partial charge in [0, 0.05) is 24.3 Å². The van der Waals surface area contributed by atoms with Gasteiger partial charge in [-0.1, -0.05) is 0 Å². The SMILES string of the molecule is COc1cc(Oc2cc(F)ccc2[N+](=O)[O-])cc(OC)c1OC. The van der Waals surface area contributed by atoms with Gasteiger partial charge in [0.2, 0.25) is 11.5 Å². The summed E-state index contributed by atoms with van der Waals surface area (Å²) in [4.78, 5) is 10.3. The molecule has 23 heavy (non-hydrogen) atoms. The molecule has 2 aromatic rings. The molecule has 0 spiro atoms. The van der Waals surface area contributed by atoms with E-state index in [-0.39, 0.29) is 17.2 Å². The van der Waals surface area contributed by atoms with Gasteiger partial charge in [0.25, 0.3) is 0 Å². The summed E-state index contributed by atoms with van der Waals surface area (Å²) in [5, 5.41) is 11.0. The number of benzene rings is 2. The Labute approximate surface area is 131 Å². The zero-order chi connectivity index (χ0) is 17.0. The first-order valence-electron chi connectivity index (χ1n) is 6.42. The molecule has 122 valence electrons. The second kappa shape index (κ2) is 6.82. The number of hydrogen-bond donors (Lipinski definition) is 0. The Morgan fingerprint density at radius 1 is 0.957 bits per heavy atom. The minimum absolute atomic E-state index is 0.174. The van der Waals surface area contributed by atoms with Crippen molar-refractivity contribution >= 4 is 5.69 Å². The van der Waals surface area contributed by atoms with Gasteiger partial charge in [-0.25, -0.2) is 4.39 Å². The van der Waals surface area contributed by atoms with E-state index in [1.54, 1.807) is 0 Å². The number of rotatable bonds is 6. The number of nitro benzene ring substituents is 1. The molecule has 0 fully saturated rings. The van der Waals surface area contributed by atoms with E-state index >= 15 is 0 Å².